The molecule has 1 saturated carbocycles. The van der Waals surface area contributed by atoms with E-state index in [-0.39, 0.29) is 23.6 Å². The lowest BCUT2D eigenvalue weighted by Crippen LogP contribution is -2.45. The highest BCUT2D eigenvalue weighted by atomic mass is 16.3. The van der Waals surface area contributed by atoms with Crippen LogP contribution in [0.3, 0.4) is 0 Å². The maximum absolute atomic E-state index is 13.0. The molecule has 4 rings (SSSR count). The number of rotatable bonds is 8. The lowest BCUT2D eigenvalue weighted by Gasteiger charge is -2.18. The monoisotopic (exact) mass is 417 g/mol. The van der Waals surface area contributed by atoms with Crippen LogP contribution in [0.25, 0.3) is 0 Å². The summed E-state index contributed by atoms with van der Waals surface area (Å²) in [7, 11) is 0. The smallest absolute Gasteiger partial charge is 0.287 e. The molecule has 1 aliphatic rings. The van der Waals surface area contributed by atoms with Crippen molar-refractivity contribution in [2.24, 2.45) is 0 Å². The Bertz CT molecular complexity index is 1040. The third-order valence-corrected chi connectivity index (χ3v) is 4.98. The minimum Gasteiger partial charge on any atom is -0.459 e. The highest BCUT2D eigenvalue weighted by Gasteiger charge is 2.25. The van der Waals surface area contributed by atoms with Crippen molar-refractivity contribution in [2.75, 3.05) is 5.32 Å². The molecule has 3 N–H and O–H groups in total. The van der Waals surface area contributed by atoms with E-state index in [1.807, 2.05) is 30.3 Å². The minimum atomic E-state index is -0.808. The van der Waals surface area contributed by atoms with Gasteiger partial charge in [-0.25, -0.2) is 0 Å². The van der Waals surface area contributed by atoms with Crippen molar-refractivity contribution >= 4 is 23.4 Å². The molecule has 0 radical (unpaired) electrons. The SMILES string of the molecule is O=C(NC1CC1)c1ccc(NC(=O)C(Cc2ccccc2)NC(=O)c2ccco2)cc1. The first-order valence-electron chi connectivity index (χ1n) is 10.2. The van der Waals surface area contributed by atoms with Gasteiger partial charge in [0.1, 0.15) is 6.04 Å². The first-order valence-corrected chi connectivity index (χ1v) is 10.2. The van der Waals surface area contributed by atoms with Gasteiger partial charge >= 0.3 is 0 Å². The molecule has 1 unspecified atom stereocenters. The molecule has 0 saturated heterocycles. The van der Waals surface area contributed by atoms with E-state index in [1.165, 1.54) is 12.3 Å². The summed E-state index contributed by atoms with van der Waals surface area (Å²) in [6, 6.07) is 18.7. The first kappa shape index (κ1) is 20.4. The summed E-state index contributed by atoms with van der Waals surface area (Å²) in [5.41, 5.74) is 1.99. The number of furan rings is 1. The lowest BCUT2D eigenvalue weighted by atomic mass is 10.0. The van der Waals surface area contributed by atoms with Crippen LogP contribution in [0.2, 0.25) is 0 Å². The first-order chi connectivity index (χ1) is 15.1. The van der Waals surface area contributed by atoms with Crippen LogP contribution in [-0.4, -0.2) is 29.8 Å². The standard InChI is InChI=1S/C24H23N3O4/c28-22(25-19-12-13-19)17-8-10-18(11-9-17)26-23(29)20(15-16-5-2-1-3-6-16)27-24(30)21-7-4-14-31-21/h1-11,14,19-20H,12-13,15H2,(H,25,28)(H,26,29)(H,27,30). The highest BCUT2D eigenvalue weighted by molar-refractivity contribution is 6.01. The van der Waals surface area contributed by atoms with E-state index in [2.05, 4.69) is 16.0 Å². The molecule has 3 aromatic rings. The summed E-state index contributed by atoms with van der Waals surface area (Å²) in [4.78, 5) is 37.5. The summed E-state index contributed by atoms with van der Waals surface area (Å²) < 4.78 is 5.13. The van der Waals surface area contributed by atoms with Crippen molar-refractivity contribution in [2.45, 2.75) is 31.3 Å². The highest BCUT2D eigenvalue weighted by Crippen LogP contribution is 2.20. The Balaban J connectivity index is 1.44. The number of benzene rings is 2. The minimum absolute atomic E-state index is 0.118. The van der Waals surface area contributed by atoms with Crippen molar-refractivity contribution in [3.05, 3.63) is 89.9 Å². The quantitative estimate of drug-likeness (QED) is 0.524. The molecule has 1 aliphatic carbocycles. The fraction of sp³-hybridized carbons (Fsp3) is 0.208. The van der Waals surface area contributed by atoms with Gasteiger partial charge in [0.05, 0.1) is 6.26 Å². The van der Waals surface area contributed by atoms with Crippen molar-refractivity contribution in [3.8, 4) is 0 Å². The van der Waals surface area contributed by atoms with E-state index in [4.69, 9.17) is 4.42 Å². The second kappa shape index (κ2) is 9.30. The molecule has 0 spiro atoms. The molecule has 1 aromatic heterocycles. The molecular formula is C24H23N3O4. The second-order valence-corrected chi connectivity index (χ2v) is 7.51. The van der Waals surface area contributed by atoms with Gasteiger partial charge in [0.25, 0.3) is 11.8 Å². The molecule has 1 fully saturated rings. The van der Waals surface area contributed by atoms with Gasteiger partial charge in [0, 0.05) is 23.7 Å². The third-order valence-electron chi connectivity index (χ3n) is 4.98. The number of anilines is 1. The van der Waals surface area contributed by atoms with Crippen molar-refractivity contribution in [3.63, 3.8) is 0 Å². The van der Waals surface area contributed by atoms with Crippen LogP contribution >= 0.6 is 0 Å². The van der Waals surface area contributed by atoms with Crippen LogP contribution in [0.15, 0.2) is 77.4 Å². The molecule has 1 atom stereocenters. The van der Waals surface area contributed by atoms with Crippen molar-refractivity contribution in [1.29, 1.82) is 0 Å². The van der Waals surface area contributed by atoms with Crippen LogP contribution in [0.4, 0.5) is 5.69 Å². The number of carbonyl (C=O) groups excluding carboxylic acids is 3. The Morgan fingerprint density at radius 1 is 0.903 bits per heavy atom. The van der Waals surface area contributed by atoms with Gasteiger partial charge in [-0.3, -0.25) is 14.4 Å². The van der Waals surface area contributed by atoms with Crippen molar-refractivity contribution in [1.82, 2.24) is 10.6 Å². The van der Waals surface area contributed by atoms with Gasteiger partial charge in [0.15, 0.2) is 5.76 Å². The van der Waals surface area contributed by atoms with Gasteiger partial charge in [-0.15, -0.1) is 0 Å². The number of hydrogen-bond donors (Lipinski definition) is 3. The third kappa shape index (κ3) is 5.60. The molecule has 0 aliphatic heterocycles. The van der Waals surface area contributed by atoms with Crippen LogP contribution in [0, 0.1) is 0 Å². The Hall–Kier alpha value is -3.87. The number of amides is 3. The molecule has 31 heavy (non-hydrogen) atoms. The summed E-state index contributed by atoms with van der Waals surface area (Å²) >= 11 is 0. The molecular weight excluding hydrogens is 394 g/mol. The predicted molar refractivity (Wildman–Crippen MR) is 116 cm³/mol. The van der Waals surface area contributed by atoms with E-state index in [0.717, 1.165) is 18.4 Å². The molecule has 7 nitrogen and oxygen atoms in total. The molecule has 2 aromatic carbocycles. The van der Waals surface area contributed by atoms with E-state index in [9.17, 15) is 14.4 Å². The summed E-state index contributed by atoms with van der Waals surface area (Å²) in [5.74, 6) is -0.808. The zero-order valence-corrected chi connectivity index (χ0v) is 16.8. The fourth-order valence-corrected chi connectivity index (χ4v) is 3.13. The molecule has 3 amide bonds. The average molecular weight is 417 g/mol. The largest absolute Gasteiger partial charge is 0.459 e. The van der Waals surface area contributed by atoms with E-state index in [0.29, 0.717) is 17.7 Å². The molecule has 158 valence electrons. The fourth-order valence-electron chi connectivity index (χ4n) is 3.13. The Labute approximate surface area is 179 Å². The molecule has 7 heteroatoms. The second-order valence-electron chi connectivity index (χ2n) is 7.51. The van der Waals surface area contributed by atoms with E-state index < -0.39 is 11.9 Å². The zero-order chi connectivity index (χ0) is 21.6. The maximum atomic E-state index is 13.0. The van der Waals surface area contributed by atoms with Crippen LogP contribution in [0.1, 0.15) is 39.3 Å². The van der Waals surface area contributed by atoms with E-state index >= 15 is 0 Å². The van der Waals surface area contributed by atoms with E-state index in [1.54, 1.807) is 30.3 Å². The van der Waals surface area contributed by atoms with Gasteiger partial charge in [-0.05, 0) is 54.8 Å². The van der Waals surface area contributed by atoms with Gasteiger partial charge in [0.2, 0.25) is 5.91 Å². The number of hydrogen-bond acceptors (Lipinski definition) is 4. The number of nitrogens with one attached hydrogen (secondary N) is 3. The lowest BCUT2D eigenvalue weighted by molar-refractivity contribution is -0.118. The predicted octanol–water partition coefficient (Wildman–Crippen LogP) is 3.15. The number of carbonyl (C=O) groups is 3. The van der Waals surface area contributed by atoms with Crippen molar-refractivity contribution < 1.29 is 18.8 Å². The van der Waals surface area contributed by atoms with Gasteiger partial charge in [-0.2, -0.15) is 0 Å². The molecule has 0 bridgehead atoms. The normalized spacial score (nSPS) is 13.8. The summed E-state index contributed by atoms with van der Waals surface area (Å²) in [5, 5.41) is 8.48. The maximum Gasteiger partial charge on any atom is 0.287 e. The topological polar surface area (TPSA) is 100 Å². The van der Waals surface area contributed by atoms with Crippen LogP contribution < -0.4 is 16.0 Å². The Kier molecular flexibility index (Phi) is 6.12. The average Bonchev–Trinajstić information content (AvgIpc) is 3.42. The van der Waals surface area contributed by atoms with Crippen LogP contribution in [-0.2, 0) is 11.2 Å². The Morgan fingerprint density at radius 2 is 1.65 bits per heavy atom. The molecule has 1 heterocycles. The summed E-state index contributed by atoms with van der Waals surface area (Å²) in [6.45, 7) is 0. The summed E-state index contributed by atoms with van der Waals surface area (Å²) in [6.07, 6.45) is 3.77. The van der Waals surface area contributed by atoms with Gasteiger partial charge < -0.3 is 20.4 Å². The Morgan fingerprint density at radius 3 is 2.29 bits per heavy atom. The van der Waals surface area contributed by atoms with Gasteiger partial charge in [-0.1, -0.05) is 30.3 Å². The van der Waals surface area contributed by atoms with Crippen LogP contribution in [0.5, 0.6) is 0 Å². The zero-order valence-electron chi connectivity index (χ0n) is 16.8.